The summed E-state index contributed by atoms with van der Waals surface area (Å²) >= 11 is 0. The molecular formula is C22H23N3O. The highest BCUT2D eigenvalue weighted by molar-refractivity contribution is 5.89. The summed E-state index contributed by atoms with van der Waals surface area (Å²) in [7, 11) is 0. The van der Waals surface area contributed by atoms with E-state index in [1.807, 2.05) is 11.1 Å². The van der Waals surface area contributed by atoms with E-state index in [0.29, 0.717) is 0 Å². The molecule has 2 heterocycles. The lowest BCUT2D eigenvalue weighted by atomic mass is 9.86. The van der Waals surface area contributed by atoms with E-state index in [4.69, 9.17) is 0 Å². The molecule has 1 atom stereocenters. The molecule has 0 spiro atoms. The van der Waals surface area contributed by atoms with Crippen molar-refractivity contribution >= 4 is 22.4 Å². The van der Waals surface area contributed by atoms with E-state index in [1.165, 1.54) is 22.8 Å². The van der Waals surface area contributed by atoms with Gasteiger partial charge in [0.1, 0.15) is 6.33 Å². The molecule has 0 bridgehead atoms. The van der Waals surface area contributed by atoms with E-state index in [-0.39, 0.29) is 11.8 Å². The average Bonchev–Trinajstić information content (AvgIpc) is 2.73. The Morgan fingerprint density at radius 3 is 3.04 bits per heavy atom. The zero-order valence-electron chi connectivity index (χ0n) is 14.9. The number of amides is 1. The molecule has 2 aliphatic rings. The highest BCUT2D eigenvalue weighted by atomic mass is 16.2. The summed E-state index contributed by atoms with van der Waals surface area (Å²) in [6.45, 7) is 5.16. The Hall–Kier alpha value is -2.75. The largest absolute Gasteiger partial charge is 0.339 e. The molecule has 2 aromatic rings. The maximum atomic E-state index is 12.1. The van der Waals surface area contributed by atoms with Gasteiger partial charge in [0.05, 0.1) is 5.52 Å². The molecule has 4 rings (SSSR count). The topological polar surface area (TPSA) is 46.1 Å². The van der Waals surface area contributed by atoms with Gasteiger partial charge in [-0.2, -0.15) is 0 Å². The van der Waals surface area contributed by atoms with Crippen molar-refractivity contribution in [3.8, 4) is 0 Å². The molecule has 1 fully saturated rings. The van der Waals surface area contributed by atoms with Crippen LogP contribution in [0.3, 0.4) is 0 Å². The van der Waals surface area contributed by atoms with E-state index in [0.717, 1.165) is 49.7 Å². The molecule has 1 aliphatic carbocycles. The van der Waals surface area contributed by atoms with Gasteiger partial charge in [0, 0.05) is 30.6 Å². The molecule has 1 saturated heterocycles. The van der Waals surface area contributed by atoms with Crippen LogP contribution in [0.1, 0.15) is 42.7 Å². The molecule has 4 heteroatoms. The number of hydrogen-bond acceptors (Lipinski definition) is 3. The standard InChI is InChI=1S/C22H23N3O/c1-2-21(26)25-10-6-9-17(14-25)20-12-18(16-7-4-3-5-8-16)11-19-13-23-15-24-22(19)20/h2,4,7-8,11-13,15,17H,1,3,5-6,9-10,14H2. The van der Waals surface area contributed by atoms with E-state index >= 15 is 0 Å². The third-order valence-electron chi connectivity index (χ3n) is 5.31. The number of benzene rings is 1. The van der Waals surface area contributed by atoms with Gasteiger partial charge in [0.15, 0.2) is 0 Å². The SMILES string of the molecule is C=CC(=O)N1CCCC(c2cc(C3=CCCC=C3)cc3cncnc23)C1. The lowest BCUT2D eigenvalue weighted by Gasteiger charge is -2.33. The predicted molar refractivity (Wildman–Crippen MR) is 105 cm³/mol. The first-order valence-corrected chi connectivity index (χ1v) is 9.28. The first kappa shape index (κ1) is 16.7. The van der Waals surface area contributed by atoms with Gasteiger partial charge in [-0.15, -0.1) is 0 Å². The second-order valence-corrected chi connectivity index (χ2v) is 6.99. The van der Waals surface area contributed by atoms with Crippen molar-refractivity contribution < 1.29 is 4.79 Å². The summed E-state index contributed by atoms with van der Waals surface area (Å²) in [5.74, 6) is 0.306. The van der Waals surface area contributed by atoms with Gasteiger partial charge in [-0.25, -0.2) is 9.97 Å². The summed E-state index contributed by atoms with van der Waals surface area (Å²) in [5.41, 5.74) is 4.70. The van der Waals surface area contributed by atoms with Gasteiger partial charge in [-0.1, -0.05) is 24.8 Å². The summed E-state index contributed by atoms with van der Waals surface area (Å²) in [6, 6.07) is 4.44. The van der Waals surface area contributed by atoms with E-state index < -0.39 is 0 Å². The Morgan fingerprint density at radius 1 is 1.31 bits per heavy atom. The van der Waals surface area contributed by atoms with Crippen molar-refractivity contribution in [3.63, 3.8) is 0 Å². The summed E-state index contributed by atoms with van der Waals surface area (Å²) in [6.07, 6.45) is 15.9. The predicted octanol–water partition coefficient (Wildman–Crippen LogP) is 4.26. The molecule has 0 N–H and O–H groups in total. The summed E-state index contributed by atoms with van der Waals surface area (Å²) in [5, 5.41) is 1.06. The van der Waals surface area contributed by atoms with Crippen LogP contribution < -0.4 is 0 Å². The molecule has 1 aromatic carbocycles. The first-order chi connectivity index (χ1) is 12.8. The van der Waals surface area contributed by atoms with Crippen LogP contribution in [0.25, 0.3) is 16.5 Å². The molecule has 0 saturated carbocycles. The molecule has 0 radical (unpaired) electrons. The van der Waals surface area contributed by atoms with Gasteiger partial charge in [0.2, 0.25) is 5.91 Å². The Balaban J connectivity index is 1.77. The van der Waals surface area contributed by atoms with Crippen molar-refractivity contribution in [1.29, 1.82) is 0 Å². The maximum absolute atomic E-state index is 12.1. The van der Waals surface area contributed by atoms with Crippen molar-refractivity contribution in [3.05, 3.63) is 66.7 Å². The van der Waals surface area contributed by atoms with Crippen LogP contribution in [-0.2, 0) is 4.79 Å². The average molecular weight is 345 g/mol. The Kier molecular flexibility index (Phi) is 4.65. The highest BCUT2D eigenvalue weighted by Gasteiger charge is 2.25. The van der Waals surface area contributed by atoms with Crippen LogP contribution in [0.5, 0.6) is 0 Å². The second-order valence-electron chi connectivity index (χ2n) is 6.99. The van der Waals surface area contributed by atoms with Gasteiger partial charge in [0.25, 0.3) is 0 Å². The van der Waals surface area contributed by atoms with E-state index in [9.17, 15) is 4.79 Å². The number of allylic oxidation sites excluding steroid dienone is 4. The van der Waals surface area contributed by atoms with Crippen LogP contribution in [0.2, 0.25) is 0 Å². The smallest absolute Gasteiger partial charge is 0.245 e. The number of rotatable bonds is 3. The van der Waals surface area contributed by atoms with Crippen molar-refractivity contribution in [2.45, 2.75) is 31.6 Å². The number of fused-ring (bicyclic) bond motifs is 1. The Bertz CT molecular complexity index is 913. The highest BCUT2D eigenvalue weighted by Crippen LogP contribution is 2.34. The molecule has 1 amide bonds. The quantitative estimate of drug-likeness (QED) is 0.781. The number of likely N-dealkylation sites (tertiary alicyclic amines) is 1. The molecule has 4 nitrogen and oxygen atoms in total. The monoisotopic (exact) mass is 345 g/mol. The molecule has 26 heavy (non-hydrogen) atoms. The fourth-order valence-corrected chi connectivity index (χ4v) is 4.00. The maximum Gasteiger partial charge on any atom is 0.245 e. The first-order valence-electron chi connectivity index (χ1n) is 9.28. The lowest BCUT2D eigenvalue weighted by Crippen LogP contribution is -2.38. The molecular weight excluding hydrogens is 322 g/mol. The third kappa shape index (κ3) is 3.19. The molecule has 132 valence electrons. The van der Waals surface area contributed by atoms with E-state index in [1.54, 1.807) is 6.33 Å². The zero-order valence-corrected chi connectivity index (χ0v) is 14.9. The van der Waals surface area contributed by atoms with Gasteiger partial charge in [-0.05, 0) is 60.6 Å². The van der Waals surface area contributed by atoms with Gasteiger partial charge >= 0.3 is 0 Å². The molecule has 1 aromatic heterocycles. The summed E-state index contributed by atoms with van der Waals surface area (Å²) < 4.78 is 0. The number of hydrogen-bond donors (Lipinski definition) is 0. The van der Waals surface area contributed by atoms with Crippen molar-refractivity contribution in [2.75, 3.05) is 13.1 Å². The van der Waals surface area contributed by atoms with Crippen LogP contribution >= 0.6 is 0 Å². The normalized spacial score (nSPS) is 20.1. The Morgan fingerprint density at radius 2 is 2.23 bits per heavy atom. The van der Waals surface area contributed by atoms with Gasteiger partial charge in [-0.3, -0.25) is 4.79 Å². The molecule has 1 aliphatic heterocycles. The van der Waals surface area contributed by atoms with Crippen LogP contribution in [0.15, 0.2) is 55.5 Å². The number of carbonyl (C=O) groups is 1. The third-order valence-corrected chi connectivity index (χ3v) is 5.31. The number of carbonyl (C=O) groups excluding carboxylic acids is 1. The minimum absolute atomic E-state index is 0.0164. The summed E-state index contributed by atoms with van der Waals surface area (Å²) in [4.78, 5) is 22.8. The van der Waals surface area contributed by atoms with Crippen molar-refractivity contribution in [1.82, 2.24) is 14.9 Å². The second kappa shape index (κ2) is 7.24. The molecule has 1 unspecified atom stereocenters. The van der Waals surface area contributed by atoms with Crippen LogP contribution in [0.4, 0.5) is 0 Å². The minimum atomic E-state index is 0.0164. The fraction of sp³-hybridized carbons (Fsp3) is 0.318. The van der Waals surface area contributed by atoms with Crippen molar-refractivity contribution in [2.24, 2.45) is 0 Å². The van der Waals surface area contributed by atoms with E-state index in [2.05, 4.69) is 46.9 Å². The number of aromatic nitrogens is 2. The van der Waals surface area contributed by atoms with Crippen LogP contribution in [-0.4, -0.2) is 33.9 Å². The number of nitrogens with zero attached hydrogens (tertiary/aromatic N) is 3. The minimum Gasteiger partial charge on any atom is -0.339 e. The fourth-order valence-electron chi connectivity index (χ4n) is 4.00. The zero-order chi connectivity index (χ0) is 17.9. The van der Waals surface area contributed by atoms with Gasteiger partial charge < -0.3 is 4.90 Å². The van der Waals surface area contributed by atoms with Crippen LogP contribution in [0, 0.1) is 0 Å². The Labute approximate surface area is 154 Å². The number of piperidine rings is 1. The lowest BCUT2D eigenvalue weighted by molar-refractivity contribution is -0.127.